The zero-order valence-electron chi connectivity index (χ0n) is 13.0. The molecule has 2 rings (SSSR count). The van der Waals surface area contributed by atoms with Crippen LogP contribution in [-0.4, -0.2) is 62.1 Å². The number of nitrogens with zero attached hydrogens (tertiary/aromatic N) is 2. The van der Waals surface area contributed by atoms with Gasteiger partial charge in [-0.25, -0.2) is 0 Å². The SMILES string of the molecule is COc1ccc(C)cc1C(=O)N1CCN(CCCN)CC1. The molecule has 1 aliphatic heterocycles. The number of methoxy groups -OCH3 is 1. The molecule has 21 heavy (non-hydrogen) atoms. The normalized spacial score (nSPS) is 16.0. The van der Waals surface area contributed by atoms with Gasteiger partial charge in [0.25, 0.3) is 5.91 Å². The molecule has 1 fully saturated rings. The van der Waals surface area contributed by atoms with Crippen LogP contribution in [0.1, 0.15) is 22.3 Å². The molecule has 1 aromatic rings. The number of carbonyl (C=O) groups excluding carboxylic acids is 1. The summed E-state index contributed by atoms with van der Waals surface area (Å²) in [5.41, 5.74) is 7.27. The Morgan fingerprint density at radius 1 is 1.29 bits per heavy atom. The van der Waals surface area contributed by atoms with Gasteiger partial charge < -0.3 is 15.4 Å². The molecular formula is C16H25N3O2. The molecule has 0 unspecified atom stereocenters. The fourth-order valence-electron chi connectivity index (χ4n) is 2.65. The van der Waals surface area contributed by atoms with Crippen LogP contribution >= 0.6 is 0 Å². The molecule has 0 aromatic heterocycles. The number of piperazine rings is 1. The van der Waals surface area contributed by atoms with Crippen molar-refractivity contribution in [3.63, 3.8) is 0 Å². The first-order chi connectivity index (χ1) is 10.2. The van der Waals surface area contributed by atoms with Crippen LogP contribution in [0.5, 0.6) is 5.75 Å². The molecule has 0 aliphatic carbocycles. The van der Waals surface area contributed by atoms with Gasteiger partial charge in [-0.3, -0.25) is 9.69 Å². The van der Waals surface area contributed by atoms with Gasteiger partial charge in [0.05, 0.1) is 12.7 Å². The van der Waals surface area contributed by atoms with E-state index in [1.165, 1.54) is 0 Å². The van der Waals surface area contributed by atoms with E-state index >= 15 is 0 Å². The summed E-state index contributed by atoms with van der Waals surface area (Å²) >= 11 is 0. The van der Waals surface area contributed by atoms with Crippen molar-refractivity contribution in [2.24, 2.45) is 5.73 Å². The Kier molecular flexibility index (Phi) is 5.59. The zero-order chi connectivity index (χ0) is 15.2. The molecule has 0 atom stereocenters. The highest BCUT2D eigenvalue weighted by molar-refractivity contribution is 5.97. The average molecular weight is 291 g/mol. The molecule has 0 saturated carbocycles. The van der Waals surface area contributed by atoms with Crippen LogP contribution in [0.25, 0.3) is 0 Å². The molecule has 5 nitrogen and oxygen atoms in total. The van der Waals surface area contributed by atoms with E-state index in [9.17, 15) is 4.79 Å². The van der Waals surface area contributed by atoms with Gasteiger partial charge in [0.2, 0.25) is 0 Å². The quantitative estimate of drug-likeness (QED) is 0.883. The Morgan fingerprint density at radius 3 is 2.62 bits per heavy atom. The lowest BCUT2D eigenvalue weighted by molar-refractivity contribution is 0.0633. The van der Waals surface area contributed by atoms with Crippen molar-refractivity contribution in [1.29, 1.82) is 0 Å². The third kappa shape index (κ3) is 3.95. The minimum Gasteiger partial charge on any atom is -0.496 e. The van der Waals surface area contributed by atoms with Gasteiger partial charge >= 0.3 is 0 Å². The number of benzene rings is 1. The first kappa shape index (κ1) is 15.8. The number of ether oxygens (including phenoxy) is 1. The van der Waals surface area contributed by atoms with Crippen molar-refractivity contribution in [2.75, 3.05) is 46.4 Å². The predicted octanol–water partition coefficient (Wildman–Crippen LogP) is 1.11. The third-order valence-electron chi connectivity index (χ3n) is 3.92. The average Bonchev–Trinajstić information content (AvgIpc) is 2.52. The number of aryl methyl sites for hydroxylation is 1. The van der Waals surface area contributed by atoms with Crippen molar-refractivity contribution in [3.05, 3.63) is 29.3 Å². The van der Waals surface area contributed by atoms with E-state index in [2.05, 4.69) is 4.90 Å². The predicted molar refractivity (Wildman–Crippen MR) is 83.7 cm³/mol. The summed E-state index contributed by atoms with van der Waals surface area (Å²) in [6.45, 7) is 7.09. The lowest BCUT2D eigenvalue weighted by Crippen LogP contribution is -2.49. The molecule has 1 aromatic carbocycles. The second-order valence-electron chi connectivity index (χ2n) is 5.48. The molecule has 1 saturated heterocycles. The first-order valence-electron chi connectivity index (χ1n) is 7.52. The van der Waals surface area contributed by atoms with Crippen LogP contribution in [-0.2, 0) is 0 Å². The van der Waals surface area contributed by atoms with Crippen LogP contribution in [0.3, 0.4) is 0 Å². The van der Waals surface area contributed by atoms with Gasteiger partial charge in [0, 0.05) is 26.2 Å². The standard InChI is InChI=1S/C16H25N3O2/c1-13-4-5-15(21-2)14(12-13)16(20)19-10-8-18(9-11-19)7-3-6-17/h4-5,12H,3,6-11,17H2,1-2H3. The largest absolute Gasteiger partial charge is 0.496 e. The molecule has 1 heterocycles. The van der Waals surface area contributed by atoms with Gasteiger partial charge in [-0.05, 0) is 38.6 Å². The van der Waals surface area contributed by atoms with E-state index in [4.69, 9.17) is 10.5 Å². The van der Waals surface area contributed by atoms with Gasteiger partial charge in [0.1, 0.15) is 5.75 Å². The van der Waals surface area contributed by atoms with E-state index in [1.54, 1.807) is 7.11 Å². The minimum absolute atomic E-state index is 0.0639. The number of amides is 1. The highest BCUT2D eigenvalue weighted by atomic mass is 16.5. The second-order valence-corrected chi connectivity index (χ2v) is 5.48. The number of hydrogen-bond donors (Lipinski definition) is 1. The zero-order valence-corrected chi connectivity index (χ0v) is 13.0. The van der Waals surface area contributed by atoms with Crippen LogP contribution in [0, 0.1) is 6.92 Å². The van der Waals surface area contributed by atoms with Gasteiger partial charge in [-0.2, -0.15) is 0 Å². The summed E-state index contributed by atoms with van der Waals surface area (Å²) in [7, 11) is 1.60. The van der Waals surface area contributed by atoms with Crippen LogP contribution in [0.15, 0.2) is 18.2 Å². The van der Waals surface area contributed by atoms with E-state index < -0.39 is 0 Å². The molecular weight excluding hydrogens is 266 g/mol. The third-order valence-corrected chi connectivity index (χ3v) is 3.92. The summed E-state index contributed by atoms with van der Waals surface area (Å²) in [4.78, 5) is 16.9. The maximum atomic E-state index is 12.7. The van der Waals surface area contributed by atoms with Crippen molar-refractivity contribution >= 4 is 5.91 Å². The number of rotatable bonds is 5. The molecule has 0 bridgehead atoms. The van der Waals surface area contributed by atoms with E-state index in [0.29, 0.717) is 11.3 Å². The highest BCUT2D eigenvalue weighted by Crippen LogP contribution is 2.22. The van der Waals surface area contributed by atoms with Gasteiger partial charge in [-0.1, -0.05) is 11.6 Å². The molecule has 5 heteroatoms. The molecule has 0 spiro atoms. The topological polar surface area (TPSA) is 58.8 Å². The summed E-state index contributed by atoms with van der Waals surface area (Å²) in [6, 6.07) is 5.72. The number of nitrogens with two attached hydrogens (primary N) is 1. The lowest BCUT2D eigenvalue weighted by Gasteiger charge is -2.35. The summed E-state index contributed by atoms with van der Waals surface area (Å²) in [5, 5.41) is 0. The molecule has 0 radical (unpaired) electrons. The molecule has 2 N–H and O–H groups in total. The van der Waals surface area contributed by atoms with Crippen molar-refractivity contribution < 1.29 is 9.53 Å². The Bertz CT molecular complexity index is 482. The molecule has 1 aliphatic rings. The molecule has 1 amide bonds. The van der Waals surface area contributed by atoms with E-state index in [0.717, 1.165) is 51.3 Å². The van der Waals surface area contributed by atoms with Crippen molar-refractivity contribution in [3.8, 4) is 5.75 Å². The van der Waals surface area contributed by atoms with Crippen LogP contribution in [0.4, 0.5) is 0 Å². The van der Waals surface area contributed by atoms with Gasteiger partial charge in [0.15, 0.2) is 0 Å². The number of hydrogen-bond acceptors (Lipinski definition) is 4. The fraction of sp³-hybridized carbons (Fsp3) is 0.562. The van der Waals surface area contributed by atoms with Crippen LogP contribution < -0.4 is 10.5 Å². The van der Waals surface area contributed by atoms with Crippen molar-refractivity contribution in [1.82, 2.24) is 9.80 Å². The highest BCUT2D eigenvalue weighted by Gasteiger charge is 2.24. The summed E-state index contributed by atoms with van der Waals surface area (Å²) in [5.74, 6) is 0.713. The summed E-state index contributed by atoms with van der Waals surface area (Å²) in [6.07, 6.45) is 1.01. The van der Waals surface area contributed by atoms with Crippen molar-refractivity contribution in [2.45, 2.75) is 13.3 Å². The number of carbonyl (C=O) groups is 1. The van der Waals surface area contributed by atoms with Crippen LogP contribution in [0.2, 0.25) is 0 Å². The first-order valence-corrected chi connectivity index (χ1v) is 7.52. The summed E-state index contributed by atoms with van der Waals surface area (Å²) < 4.78 is 5.31. The smallest absolute Gasteiger partial charge is 0.257 e. The Balaban J connectivity index is 2.00. The maximum Gasteiger partial charge on any atom is 0.257 e. The van der Waals surface area contributed by atoms with E-state index in [1.807, 2.05) is 30.0 Å². The van der Waals surface area contributed by atoms with Gasteiger partial charge in [-0.15, -0.1) is 0 Å². The lowest BCUT2D eigenvalue weighted by atomic mass is 10.1. The Labute approximate surface area is 126 Å². The maximum absolute atomic E-state index is 12.7. The Morgan fingerprint density at radius 2 is 2.00 bits per heavy atom. The monoisotopic (exact) mass is 291 g/mol. The fourth-order valence-corrected chi connectivity index (χ4v) is 2.65. The second kappa shape index (κ2) is 7.43. The Hall–Kier alpha value is -1.59. The molecule has 116 valence electrons. The van der Waals surface area contributed by atoms with E-state index in [-0.39, 0.29) is 5.91 Å². The minimum atomic E-state index is 0.0639.